The maximum atomic E-state index is 13.6. The number of carbonyl (C=O) groups excluding carboxylic acids is 2. The van der Waals surface area contributed by atoms with E-state index in [1.54, 1.807) is 42.5 Å². The number of carbonyl (C=O) groups is 2. The Balaban J connectivity index is 1.67. The SMILES string of the molecule is CCCCOc1ccc(C2/C(=C(\O)c3ccc(Cl)cc3)C(=O)C(=O)N2c2nc3ccc(OCC)cc3s2)cc1OC. The number of hydrogen-bond acceptors (Lipinski definition) is 8. The number of ether oxygens (including phenoxy) is 3. The van der Waals surface area contributed by atoms with E-state index in [1.165, 1.54) is 23.3 Å². The van der Waals surface area contributed by atoms with Gasteiger partial charge in [0, 0.05) is 10.6 Å². The van der Waals surface area contributed by atoms with Gasteiger partial charge in [0.1, 0.15) is 11.5 Å². The Kier molecular flexibility index (Phi) is 8.46. The van der Waals surface area contributed by atoms with E-state index in [-0.39, 0.29) is 11.3 Å². The van der Waals surface area contributed by atoms with Gasteiger partial charge in [0.15, 0.2) is 16.6 Å². The average Bonchev–Trinajstić information content (AvgIpc) is 3.51. The number of fused-ring (bicyclic) bond motifs is 1. The second kappa shape index (κ2) is 12.2. The molecule has 0 radical (unpaired) electrons. The van der Waals surface area contributed by atoms with Crippen molar-refractivity contribution in [1.29, 1.82) is 0 Å². The predicted molar refractivity (Wildman–Crippen MR) is 160 cm³/mol. The molecular weight excluding hydrogens is 564 g/mol. The molecule has 10 heteroatoms. The fraction of sp³-hybridized carbons (Fsp3) is 0.258. The largest absolute Gasteiger partial charge is 0.507 e. The molecule has 1 aromatic heterocycles. The molecule has 0 saturated carbocycles. The molecule has 4 aromatic rings. The van der Waals surface area contributed by atoms with E-state index < -0.39 is 17.7 Å². The quantitative estimate of drug-likeness (QED) is 0.0902. The van der Waals surface area contributed by atoms with Crippen LogP contribution in [0.25, 0.3) is 16.0 Å². The minimum absolute atomic E-state index is 0.0618. The summed E-state index contributed by atoms with van der Waals surface area (Å²) in [4.78, 5) is 33.2. The lowest BCUT2D eigenvalue weighted by atomic mass is 9.95. The fourth-order valence-corrected chi connectivity index (χ4v) is 5.81. The van der Waals surface area contributed by atoms with Gasteiger partial charge in [-0.25, -0.2) is 4.98 Å². The van der Waals surface area contributed by atoms with E-state index in [9.17, 15) is 14.7 Å². The minimum Gasteiger partial charge on any atom is -0.507 e. The Bertz CT molecular complexity index is 1630. The first kappa shape index (κ1) is 28.4. The zero-order valence-electron chi connectivity index (χ0n) is 22.8. The molecule has 1 amide bonds. The Morgan fingerprint density at radius 1 is 1.02 bits per heavy atom. The summed E-state index contributed by atoms with van der Waals surface area (Å²) in [5.41, 5.74) is 1.50. The first-order valence-electron chi connectivity index (χ1n) is 13.3. The fourth-order valence-electron chi connectivity index (χ4n) is 4.66. The van der Waals surface area contributed by atoms with E-state index in [2.05, 4.69) is 11.9 Å². The van der Waals surface area contributed by atoms with Crippen molar-refractivity contribution in [3.8, 4) is 17.2 Å². The monoisotopic (exact) mass is 592 g/mol. The molecule has 1 atom stereocenters. The van der Waals surface area contributed by atoms with Crippen LogP contribution in [-0.4, -0.2) is 42.1 Å². The summed E-state index contributed by atoms with van der Waals surface area (Å²) in [6.07, 6.45) is 1.86. The van der Waals surface area contributed by atoms with E-state index in [0.717, 1.165) is 17.5 Å². The van der Waals surface area contributed by atoms with Crippen LogP contribution in [-0.2, 0) is 9.59 Å². The molecule has 0 aliphatic carbocycles. The maximum absolute atomic E-state index is 13.6. The van der Waals surface area contributed by atoms with Crippen molar-refractivity contribution in [2.45, 2.75) is 32.7 Å². The Labute approximate surface area is 246 Å². The number of hydrogen-bond donors (Lipinski definition) is 1. The van der Waals surface area contributed by atoms with Crippen LogP contribution in [0.1, 0.15) is 43.9 Å². The molecule has 5 rings (SSSR count). The normalized spacial score (nSPS) is 16.4. The van der Waals surface area contributed by atoms with Gasteiger partial charge in [0.05, 0.1) is 42.2 Å². The number of benzene rings is 3. The second-order valence-corrected chi connectivity index (χ2v) is 10.8. The number of thiazole rings is 1. The first-order valence-corrected chi connectivity index (χ1v) is 14.5. The minimum atomic E-state index is -0.976. The summed E-state index contributed by atoms with van der Waals surface area (Å²) in [5, 5.41) is 12.2. The van der Waals surface area contributed by atoms with Gasteiger partial charge in [-0.2, -0.15) is 0 Å². The summed E-state index contributed by atoms with van der Waals surface area (Å²) < 4.78 is 17.9. The lowest BCUT2D eigenvalue weighted by Gasteiger charge is -2.24. The van der Waals surface area contributed by atoms with Crippen LogP contribution in [0.5, 0.6) is 17.2 Å². The van der Waals surface area contributed by atoms with Crippen molar-refractivity contribution in [2.75, 3.05) is 25.2 Å². The number of aliphatic hydroxyl groups excluding tert-OH is 1. The Morgan fingerprint density at radius 3 is 2.51 bits per heavy atom. The van der Waals surface area contributed by atoms with Crippen molar-refractivity contribution >= 4 is 55.7 Å². The van der Waals surface area contributed by atoms with Crippen molar-refractivity contribution in [3.63, 3.8) is 0 Å². The van der Waals surface area contributed by atoms with E-state index in [0.29, 0.717) is 57.3 Å². The molecule has 0 bridgehead atoms. The molecule has 1 saturated heterocycles. The lowest BCUT2D eigenvalue weighted by Crippen LogP contribution is -2.29. The smallest absolute Gasteiger partial charge is 0.301 e. The number of amides is 1. The maximum Gasteiger partial charge on any atom is 0.301 e. The lowest BCUT2D eigenvalue weighted by molar-refractivity contribution is -0.132. The third-order valence-corrected chi connectivity index (χ3v) is 7.96. The highest BCUT2D eigenvalue weighted by molar-refractivity contribution is 7.22. The van der Waals surface area contributed by atoms with Crippen LogP contribution in [0.4, 0.5) is 5.13 Å². The summed E-state index contributed by atoms with van der Waals surface area (Å²) >= 11 is 7.31. The van der Waals surface area contributed by atoms with Crippen molar-refractivity contribution in [1.82, 2.24) is 4.98 Å². The number of ketones is 1. The van der Waals surface area contributed by atoms with Gasteiger partial charge < -0.3 is 19.3 Å². The average molecular weight is 593 g/mol. The van der Waals surface area contributed by atoms with Crippen molar-refractivity contribution in [3.05, 3.63) is 82.4 Å². The molecule has 2 heterocycles. The second-order valence-electron chi connectivity index (χ2n) is 9.35. The predicted octanol–water partition coefficient (Wildman–Crippen LogP) is 7.16. The van der Waals surface area contributed by atoms with E-state index >= 15 is 0 Å². The number of Topliss-reactive ketones (excluding diaryl/α,β-unsaturated/α-hetero) is 1. The highest BCUT2D eigenvalue weighted by Gasteiger charge is 2.48. The van der Waals surface area contributed by atoms with Gasteiger partial charge in [-0.1, -0.05) is 42.3 Å². The summed E-state index contributed by atoms with van der Waals surface area (Å²) in [5.74, 6) is -0.255. The molecule has 1 fully saturated rings. The Hall–Kier alpha value is -4.08. The molecule has 41 heavy (non-hydrogen) atoms. The van der Waals surface area contributed by atoms with Crippen LogP contribution in [0.2, 0.25) is 5.02 Å². The molecule has 3 aromatic carbocycles. The first-order chi connectivity index (χ1) is 19.9. The van der Waals surface area contributed by atoms with Crippen molar-refractivity contribution in [2.24, 2.45) is 0 Å². The highest BCUT2D eigenvalue weighted by atomic mass is 35.5. The van der Waals surface area contributed by atoms with Gasteiger partial charge in [-0.15, -0.1) is 0 Å². The standard InChI is InChI=1S/C31H29ClN2O6S/c1-4-6-15-40-23-14-9-19(16-24(23)38-3)27-26(28(35)18-7-10-20(32)11-8-18)29(36)30(37)34(27)31-33-22-13-12-21(39-5-2)17-25(22)41-31/h7-14,16-17,27,35H,4-6,15H2,1-3H3/b28-26+. The number of nitrogens with zero attached hydrogens (tertiary/aromatic N) is 2. The highest BCUT2D eigenvalue weighted by Crippen LogP contribution is 2.46. The topological polar surface area (TPSA) is 98.2 Å². The third kappa shape index (κ3) is 5.60. The third-order valence-electron chi connectivity index (χ3n) is 6.69. The molecule has 212 valence electrons. The molecule has 1 unspecified atom stereocenters. The molecule has 0 spiro atoms. The summed E-state index contributed by atoms with van der Waals surface area (Å²) in [6.45, 7) is 5.01. The number of aliphatic hydroxyl groups is 1. The molecule has 1 aliphatic rings. The number of methoxy groups -OCH3 is 1. The number of rotatable bonds is 10. The number of halogens is 1. The zero-order chi connectivity index (χ0) is 29.1. The Morgan fingerprint density at radius 2 is 1.80 bits per heavy atom. The van der Waals surface area contributed by atoms with Gasteiger partial charge >= 0.3 is 5.91 Å². The number of anilines is 1. The van der Waals surface area contributed by atoms with Crippen LogP contribution in [0.3, 0.4) is 0 Å². The van der Waals surface area contributed by atoms with Crippen LogP contribution >= 0.6 is 22.9 Å². The van der Waals surface area contributed by atoms with Gasteiger partial charge in [-0.05, 0) is 73.5 Å². The van der Waals surface area contributed by atoms with Crippen LogP contribution in [0, 0.1) is 0 Å². The molecule has 1 aliphatic heterocycles. The van der Waals surface area contributed by atoms with Crippen LogP contribution in [0.15, 0.2) is 66.2 Å². The van der Waals surface area contributed by atoms with E-state index in [1.807, 2.05) is 25.1 Å². The van der Waals surface area contributed by atoms with Gasteiger partial charge in [0.25, 0.3) is 5.78 Å². The van der Waals surface area contributed by atoms with Crippen molar-refractivity contribution < 1.29 is 28.9 Å². The number of unbranched alkanes of at least 4 members (excludes halogenated alkanes) is 1. The zero-order valence-corrected chi connectivity index (χ0v) is 24.4. The van der Waals surface area contributed by atoms with Gasteiger partial charge in [0.2, 0.25) is 0 Å². The summed E-state index contributed by atoms with van der Waals surface area (Å²) in [6, 6.07) is 16.1. The molecular formula is C31H29ClN2O6S. The van der Waals surface area contributed by atoms with Crippen LogP contribution < -0.4 is 19.1 Å². The van der Waals surface area contributed by atoms with Gasteiger partial charge in [-0.3, -0.25) is 14.5 Å². The van der Waals surface area contributed by atoms with E-state index in [4.69, 9.17) is 25.8 Å². The molecule has 8 nitrogen and oxygen atoms in total. The number of aromatic nitrogens is 1. The summed E-state index contributed by atoms with van der Waals surface area (Å²) in [7, 11) is 1.53. The molecule has 1 N–H and O–H groups in total.